The third-order valence-electron chi connectivity index (χ3n) is 4.54. The molecule has 4 nitrogen and oxygen atoms in total. The molecule has 4 heteroatoms. The molecular formula is C20H28N2O2. The van der Waals surface area contributed by atoms with Gasteiger partial charge in [-0.25, -0.2) is 4.79 Å². The zero-order valence-electron chi connectivity index (χ0n) is 15.6. The van der Waals surface area contributed by atoms with Crippen molar-refractivity contribution >= 4 is 6.09 Å². The fraction of sp³-hybridized carbons (Fsp3) is 0.600. The Morgan fingerprint density at radius 2 is 1.92 bits per heavy atom. The van der Waals surface area contributed by atoms with E-state index in [0.717, 1.165) is 18.4 Å². The van der Waals surface area contributed by atoms with E-state index >= 15 is 0 Å². The van der Waals surface area contributed by atoms with Gasteiger partial charge in [0.05, 0.1) is 23.6 Å². The Hall–Kier alpha value is -2.02. The van der Waals surface area contributed by atoms with E-state index in [4.69, 9.17) is 4.74 Å². The van der Waals surface area contributed by atoms with Crippen LogP contribution in [0.2, 0.25) is 0 Å². The average Bonchev–Trinajstić information content (AvgIpc) is 2.91. The van der Waals surface area contributed by atoms with Gasteiger partial charge >= 0.3 is 6.09 Å². The molecule has 1 amide bonds. The van der Waals surface area contributed by atoms with Crippen LogP contribution < -0.4 is 0 Å². The Morgan fingerprint density at radius 3 is 2.46 bits per heavy atom. The largest absolute Gasteiger partial charge is 0.444 e. The number of rotatable bonds is 2. The van der Waals surface area contributed by atoms with Crippen LogP contribution in [0.4, 0.5) is 4.79 Å². The standard InChI is InChI=1S/C20H28N2O2/c1-14-8-7-9-15(12-14)16-10-11-17(20(5,6)13-21)22(16)18(23)24-19(2,3)4/h7-9,12,16-17H,10-11H2,1-6H3/t16-,17+/m0/s1. The molecule has 1 saturated heterocycles. The first kappa shape index (κ1) is 18.3. The Labute approximate surface area is 145 Å². The molecule has 0 spiro atoms. The highest BCUT2D eigenvalue weighted by atomic mass is 16.6. The van der Waals surface area contributed by atoms with Gasteiger partial charge in [-0.1, -0.05) is 29.8 Å². The molecule has 1 heterocycles. The minimum absolute atomic E-state index is 0.0441. The summed E-state index contributed by atoms with van der Waals surface area (Å²) >= 11 is 0. The van der Waals surface area contributed by atoms with Gasteiger partial charge in [0.2, 0.25) is 0 Å². The van der Waals surface area contributed by atoms with Crippen molar-refractivity contribution in [2.75, 3.05) is 0 Å². The maximum atomic E-state index is 12.9. The molecule has 0 aromatic heterocycles. The number of hydrogen-bond donors (Lipinski definition) is 0. The molecule has 2 atom stereocenters. The first-order chi connectivity index (χ1) is 11.0. The second-order valence-corrected chi connectivity index (χ2v) is 8.24. The number of nitrogens with zero attached hydrogens (tertiary/aromatic N) is 2. The lowest BCUT2D eigenvalue weighted by Crippen LogP contribution is -2.46. The maximum absolute atomic E-state index is 12.9. The molecule has 0 radical (unpaired) electrons. The first-order valence-corrected chi connectivity index (χ1v) is 8.54. The summed E-state index contributed by atoms with van der Waals surface area (Å²) < 4.78 is 5.65. The smallest absolute Gasteiger partial charge is 0.411 e. The summed E-state index contributed by atoms with van der Waals surface area (Å²) in [5.41, 5.74) is 1.10. The van der Waals surface area contributed by atoms with E-state index in [0.29, 0.717) is 0 Å². The van der Waals surface area contributed by atoms with E-state index in [1.165, 1.54) is 5.56 Å². The van der Waals surface area contributed by atoms with Crippen LogP contribution in [0.25, 0.3) is 0 Å². The van der Waals surface area contributed by atoms with Crippen molar-refractivity contribution < 1.29 is 9.53 Å². The van der Waals surface area contributed by atoms with Crippen molar-refractivity contribution in [2.24, 2.45) is 5.41 Å². The van der Waals surface area contributed by atoms with Crippen LogP contribution in [0, 0.1) is 23.7 Å². The van der Waals surface area contributed by atoms with E-state index < -0.39 is 11.0 Å². The number of ether oxygens (including phenoxy) is 1. The first-order valence-electron chi connectivity index (χ1n) is 8.54. The van der Waals surface area contributed by atoms with Gasteiger partial charge in [0.25, 0.3) is 0 Å². The Morgan fingerprint density at radius 1 is 1.25 bits per heavy atom. The topological polar surface area (TPSA) is 53.3 Å². The molecule has 1 aliphatic rings. The predicted molar refractivity (Wildman–Crippen MR) is 94.4 cm³/mol. The molecule has 1 fully saturated rings. The number of aryl methyl sites for hydroxylation is 1. The van der Waals surface area contributed by atoms with E-state index in [1.807, 2.05) is 53.7 Å². The molecule has 1 aromatic rings. The molecule has 1 aromatic carbocycles. The van der Waals surface area contributed by atoms with Gasteiger partial charge < -0.3 is 4.74 Å². The van der Waals surface area contributed by atoms with Gasteiger partial charge in [-0.05, 0) is 59.9 Å². The summed E-state index contributed by atoms with van der Waals surface area (Å²) in [5, 5.41) is 9.56. The van der Waals surface area contributed by atoms with Crippen molar-refractivity contribution in [1.82, 2.24) is 4.90 Å². The summed E-state index contributed by atoms with van der Waals surface area (Å²) in [4.78, 5) is 14.7. The van der Waals surface area contributed by atoms with Crippen LogP contribution in [-0.4, -0.2) is 22.6 Å². The number of nitriles is 1. The lowest BCUT2D eigenvalue weighted by Gasteiger charge is -2.37. The van der Waals surface area contributed by atoms with Crippen LogP contribution >= 0.6 is 0 Å². The molecule has 1 aliphatic heterocycles. The molecule has 0 aliphatic carbocycles. The van der Waals surface area contributed by atoms with Crippen LogP contribution in [0.1, 0.15) is 64.6 Å². The number of hydrogen-bond acceptors (Lipinski definition) is 3. The molecule has 24 heavy (non-hydrogen) atoms. The van der Waals surface area contributed by atoms with E-state index in [-0.39, 0.29) is 18.2 Å². The average molecular weight is 328 g/mol. The highest BCUT2D eigenvalue weighted by Crippen LogP contribution is 2.43. The fourth-order valence-electron chi connectivity index (χ4n) is 3.37. The number of likely N-dealkylation sites (tertiary alicyclic amines) is 1. The molecule has 0 bridgehead atoms. The van der Waals surface area contributed by atoms with Gasteiger partial charge in [0.15, 0.2) is 0 Å². The highest BCUT2D eigenvalue weighted by Gasteiger charge is 2.46. The van der Waals surface area contributed by atoms with Crippen LogP contribution in [0.15, 0.2) is 24.3 Å². The Bertz CT molecular complexity index is 652. The summed E-state index contributed by atoms with van der Waals surface area (Å²) in [6, 6.07) is 10.4. The zero-order valence-corrected chi connectivity index (χ0v) is 15.6. The minimum atomic E-state index is -0.616. The monoisotopic (exact) mass is 328 g/mol. The molecule has 0 saturated carbocycles. The van der Waals surface area contributed by atoms with Crippen molar-refractivity contribution in [3.05, 3.63) is 35.4 Å². The highest BCUT2D eigenvalue weighted by molar-refractivity contribution is 5.70. The third kappa shape index (κ3) is 3.90. The molecule has 0 unspecified atom stereocenters. The van der Waals surface area contributed by atoms with E-state index in [9.17, 15) is 10.1 Å². The number of amides is 1. The maximum Gasteiger partial charge on any atom is 0.411 e. The Balaban J connectivity index is 2.40. The third-order valence-corrected chi connectivity index (χ3v) is 4.54. The van der Waals surface area contributed by atoms with E-state index in [2.05, 4.69) is 18.2 Å². The van der Waals surface area contributed by atoms with Gasteiger partial charge in [0.1, 0.15) is 5.60 Å². The number of benzene rings is 1. The zero-order chi connectivity index (χ0) is 18.1. The normalized spacial score (nSPS) is 21.5. The molecule has 2 rings (SSSR count). The number of carbonyl (C=O) groups is 1. The quantitative estimate of drug-likeness (QED) is 0.769. The SMILES string of the molecule is Cc1cccc([C@@H]2CC[C@H](C(C)(C)C#N)N2C(=O)OC(C)(C)C)c1. The van der Waals surface area contributed by atoms with Crippen LogP contribution in [-0.2, 0) is 4.74 Å². The second kappa shape index (κ2) is 6.47. The molecule has 0 N–H and O–H groups in total. The van der Waals surface area contributed by atoms with Crippen molar-refractivity contribution in [3.8, 4) is 6.07 Å². The summed E-state index contributed by atoms with van der Waals surface area (Å²) in [6.45, 7) is 11.4. The second-order valence-electron chi connectivity index (χ2n) is 8.24. The van der Waals surface area contributed by atoms with Gasteiger partial charge in [-0.3, -0.25) is 4.90 Å². The van der Waals surface area contributed by atoms with Crippen LogP contribution in [0.5, 0.6) is 0 Å². The van der Waals surface area contributed by atoms with Crippen molar-refractivity contribution in [3.63, 3.8) is 0 Å². The summed E-state index contributed by atoms with van der Waals surface area (Å²) in [5.74, 6) is 0. The summed E-state index contributed by atoms with van der Waals surface area (Å²) in [6.07, 6.45) is 1.32. The van der Waals surface area contributed by atoms with Crippen molar-refractivity contribution in [2.45, 2.75) is 72.1 Å². The number of carbonyl (C=O) groups excluding carboxylic acids is 1. The fourth-order valence-corrected chi connectivity index (χ4v) is 3.37. The molecule has 130 valence electrons. The lowest BCUT2D eigenvalue weighted by atomic mass is 9.84. The van der Waals surface area contributed by atoms with Gasteiger partial charge in [-0.2, -0.15) is 5.26 Å². The van der Waals surface area contributed by atoms with Gasteiger partial charge in [0, 0.05) is 0 Å². The molecular weight excluding hydrogens is 300 g/mol. The van der Waals surface area contributed by atoms with Crippen LogP contribution in [0.3, 0.4) is 0 Å². The Kier molecular flexibility index (Phi) is 4.94. The summed E-state index contributed by atoms with van der Waals surface area (Å²) in [7, 11) is 0. The minimum Gasteiger partial charge on any atom is -0.444 e. The lowest BCUT2D eigenvalue weighted by molar-refractivity contribution is 0.00585. The van der Waals surface area contributed by atoms with Gasteiger partial charge in [-0.15, -0.1) is 0 Å². The predicted octanol–water partition coefficient (Wildman–Crippen LogP) is 4.99. The van der Waals surface area contributed by atoms with Crippen molar-refractivity contribution in [1.29, 1.82) is 5.26 Å². The van der Waals surface area contributed by atoms with E-state index in [1.54, 1.807) is 4.90 Å².